The summed E-state index contributed by atoms with van der Waals surface area (Å²) in [7, 11) is 3.22. The fourth-order valence-electron chi connectivity index (χ4n) is 3.01. The van der Waals surface area contributed by atoms with Crippen molar-refractivity contribution in [1.82, 2.24) is 14.5 Å². The molecule has 0 spiro atoms. The Balaban J connectivity index is 2.04. The molecular formula is C15H25N3O2. The van der Waals surface area contributed by atoms with Gasteiger partial charge in [-0.3, -0.25) is 13.9 Å². The van der Waals surface area contributed by atoms with E-state index in [2.05, 4.69) is 12.2 Å². The molecular weight excluding hydrogens is 254 g/mol. The van der Waals surface area contributed by atoms with Crippen molar-refractivity contribution >= 4 is 0 Å². The Kier molecular flexibility index (Phi) is 4.81. The second-order valence-corrected chi connectivity index (χ2v) is 5.94. The zero-order chi connectivity index (χ0) is 14.7. The molecule has 2 rings (SSSR count). The van der Waals surface area contributed by atoms with Gasteiger partial charge in [0.2, 0.25) is 0 Å². The summed E-state index contributed by atoms with van der Waals surface area (Å²) in [6, 6.07) is 1.97. The van der Waals surface area contributed by atoms with Crippen molar-refractivity contribution in [3.8, 4) is 0 Å². The van der Waals surface area contributed by atoms with Crippen LogP contribution in [0.2, 0.25) is 0 Å². The van der Waals surface area contributed by atoms with E-state index >= 15 is 0 Å². The molecule has 1 N–H and O–H groups in total. The number of nitrogens with one attached hydrogen (secondary N) is 1. The maximum Gasteiger partial charge on any atom is 0.330 e. The Bertz CT molecular complexity index is 567. The minimum absolute atomic E-state index is 0.241. The molecule has 0 unspecified atom stereocenters. The molecule has 1 aromatic heterocycles. The Hall–Kier alpha value is -1.36. The van der Waals surface area contributed by atoms with Crippen molar-refractivity contribution in [2.24, 2.45) is 20.0 Å². The first-order valence-electron chi connectivity index (χ1n) is 7.50. The van der Waals surface area contributed by atoms with Crippen molar-refractivity contribution in [3.63, 3.8) is 0 Å². The fourth-order valence-corrected chi connectivity index (χ4v) is 3.01. The maximum atomic E-state index is 11.9. The summed E-state index contributed by atoms with van der Waals surface area (Å²) >= 11 is 0. The molecule has 112 valence electrons. The molecule has 1 aliphatic carbocycles. The zero-order valence-electron chi connectivity index (χ0n) is 12.7. The molecule has 0 bridgehead atoms. The topological polar surface area (TPSA) is 56.0 Å². The molecule has 1 fully saturated rings. The van der Waals surface area contributed by atoms with Crippen LogP contribution in [-0.4, -0.2) is 15.2 Å². The van der Waals surface area contributed by atoms with Crippen LogP contribution >= 0.6 is 0 Å². The van der Waals surface area contributed by atoms with E-state index < -0.39 is 0 Å². The number of rotatable bonds is 4. The highest BCUT2D eigenvalue weighted by atomic mass is 16.2. The van der Waals surface area contributed by atoms with Crippen LogP contribution in [0.3, 0.4) is 0 Å². The first-order valence-corrected chi connectivity index (χ1v) is 7.50. The van der Waals surface area contributed by atoms with E-state index in [1.165, 1.54) is 39.2 Å². The van der Waals surface area contributed by atoms with E-state index in [0.29, 0.717) is 18.5 Å². The second kappa shape index (κ2) is 6.39. The van der Waals surface area contributed by atoms with Gasteiger partial charge in [-0.2, -0.15) is 0 Å². The molecule has 1 aromatic rings. The molecule has 1 aliphatic rings. The number of aromatic nitrogens is 2. The van der Waals surface area contributed by atoms with Crippen LogP contribution in [0.25, 0.3) is 0 Å². The third-order valence-corrected chi connectivity index (χ3v) is 4.59. The monoisotopic (exact) mass is 279 g/mol. The lowest BCUT2D eigenvalue weighted by Crippen LogP contribution is -2.41. The largest absolute Gasteiger partial charge is 0.330 e. The Labute approximate surface area is 119 Å². The maximum absolute atomic E-state index is 11.9. The summed E-state index contributed by atoms with van der Waals surface area (Å²) in [5.74, 6) is 0.715. The lowest BCUT2D eigenvalue weighted by molar-refractivity contribution is 0.279. The highest BCUT2D eigenvalue weighted by Gasteiger charge is 2.19. The Morgan fingerprint density at radius 1 is 1.20 bits per heavy atom. The van der Waals surface area contributed by atoms with Crippen molar-refractivity contribution in [3.05, 3.63) is 32.6 Å². The molecule has 5 nitrogen and oxygen atoms in total. The Morgan fingerprint density at radius 3 is 2.50 bits per heavy atom. The van der Waals surface area contributed by atoms with E-state index in [1.807, 2.05) is 0 Å². The second-order valence-electron chi connectivity index (χ2n) is 5.94. The van der Waals surface area contributed by atoms with Crippen LogP contribution in [0.15, 0.2) is 15.7 Å². The SMILES string of the molecule is C[C@H](NCc1cc(=O)n(C)c(=O)n1C)C1CCCCC1. The molecule has 0 saturated heterocycles. The molecule has 1 saturated carbocycles. The number of nitrogens with zero attached hydrogens (tertiary/aromatic N) is 2. The van der Waals surface area contributed by atoms with E-state index in [-0.39, 0.29) is 11.2 Å². The first-order chi connectivity index (χ1) is 9.50. The molecule has 1 heterocycles. The van der Waals surface area contributed by atoms with Gasteiger partial charge in [-0.25, -0.2) is 4.79 Å². The van der Waals surface area contributed by atoms with Gasteiger partial charge in [-0.15, -0.1) is 0 Å². The molecule has 5 heteroatoms. The summed E-state index contributed by atoms with van der Waals surface area (Å²) in [6.45, 7) is 2.77. The minimum Gasteiger partial charge on any atom is -0.308 e. The fraction of sp³-hybridized carbons (Fsp3) is 0.733. The average Bonchev–Trinajstić information content (AvgIpc) is 2.48. The van der Waals surface area contributed by atoms with Gasteiger partial charge in [0.15, 0.2) is 0 Å². The summed E-state index contributed by atoms with van der Waals surface area (Å²) in [4.78, 5) is 23.5. The Morgan fingerprint density at radius 2 is 1.85 bits per heavy atom. The van der Waals surface area contributed by atoms with Crippen molar-refractivity contribution in [2.45, 2.75) is 51.6 Å². The van der Waals surface area contributed by atoms with Gasteiger partial charge in [-0.05, 0) is 25.7 Å². The molecule has 1 atom stereocenters. The van der Waals surface area contributed by atoms with Crippen LogP contribution in [0.5, 0.6) is 0 Å². The highest BCUT2D eigenvalue weighted by molar-refractivity contribution is 5.02. The molecule has 0 amide bonds. The molecule has 0 aliphatic heterocycles. The molecule has 20 heavy (non-hydrogen) atoms. The minimum atomic E-state index is -0.264. The standard InChI is InChI=1S/C15H25N3O2/c1-11(12-7-5-4-6-8-12)16-10-13-9-14(19)18(3)15(20)17(13)2/h9,11-12,16H,4-8,10H2,1-3H3/t11-/m0/s1. The van der Waals surface area contributed by atoms with Gasteiger partial charge in [0.05, 0.1) is 0 Å². The summed E-state index contributed by atoms with van der Waals surface area (Å²) in [5.41, 5.74) is 0.246. The van der Waals surface area contributed by atoms with Crippen LogP contribution in [-0.2, 0) is 20.6 Å². The molecule has 0 radical (unpaired) electrons. The van der Waals surface area contributed by atoms with Crippen LogP contribution in [0.1, 0.15) is 44.7 Å². The number of hydrogen-bond acceptors (Lipinski definition) is 3. The highest BCUT2D eigenvalue weighted by Crippen LogP contribution is 2.26. The van der Waals surface area contributed by atoms with E-state index in [1.54, 1.807) is 17.7 Å². The normalized spacial score (nSPS) is 18.1. The van der Waals surface area contributed by atoms with Gasteiger partial charge in [-0.1, -0.05) is 19.3 Å². The predicted molar refractivity (Wildman–Crippen MR) is 79.8 cm³/mol. The van der Waals surface area contributed by atoms with Gasteiger partial charge in [0.1, 0.15) is 0 Å². The third kappa shape index (κ3) is 3.20. The zero-order valence-corrected chi connectivity index (χ0v) is 12.7. The van der Waals surface area contributed by atoms with Gasteiger partial charge in [0, 0.05) is 38.4 Å². The van der Waals surface area contributed by atoms with Gasteiger partial charge >= 0.3 is 5.69 Å². The third-order valence-electron chi connectivity index (χ3n) is 4.59. The lowest BCUT2D eigenvalue weighted by Gasteiger charge is -2.28. The van der Waals surface area contributed by atoms with E-state index in [4.69, 9.17) is 0 Å². The summed E-state index contributed by atoms with van der Waals surface area (Å²) in [6.07, 6.45) is 6.56. The van der Waals surface area contributed by atoms with Crippen molar-refractivity contribution in [1.29, 1.82) is 0 Å². The first kappa shape index (κ1) is 15.0. The van der Waals surface area contributed by atoms with Crippen molar-refractivity contribution < 1.29 is 0 Å². The average molecular weight is 279 g/mol. The predicted octanol–water partition coefficient (Wildman–Crippen LogP) is 1.14. The van der Waals surface area contributed by atoms with Gasteiger partial charge < -0.3 is 5.32 Å². The smallest absolute Gasteiger partial charge is 0.308 e. The summed E-state index contributed by atoms with van der Waals surface area (Å²) < 4.78 is 2.68. The van der Waals surface area contributed by atoms with Crippen LogP contribution < -0.4 is 16.6 Å². The van der Waals surface area contributed by atoms with Crippen molar-refractivity contribution in [2.75, 3.05) is 0 Å². The van der Waals surface area contributed by atoms with Gasteiger partial charge in [0.25, 0.3) is 5.56 Å². The van der Waals surface area contributed by atoms with Crippen LogP contribution in [0.4, 0.5) is 0 Å². The molecule has 0 aromatic carbocycles. The quantitative estimate of drug-likeness (QED) is 0.899. The lowest BCUT2D eigenvalue weighted by atomic mass is 9.84. The van der Waals surface area contributed by atoms with E-state index in [0.717, 1.165) is 10.3 Å². The van der Waals surface area contributed by atoms with Crippen LogP contribution in [0, 0.1) is 5.92 Å². The summed E-state index contributed by atoms with van der Waals surface area (Å²) in [5, 5.41) is 3.48. The van der Waals surface area contributed by atoms with E-state index in [9.17, 15) is 9.59 Å². The number of hydrogen-bond donors (Lipinski definition) is 1.